The van der Waals surface area contributed by atoms with Crippen LogP contribution in [0, 0.1) is 33.8 Å². The summed E-state index contributed by atoms with van der Waals surface area (Å²) in [6.07, 6.45) is 0. The zero-order chi connectivity index (χ0) is 19.2. The predicted octanol–water partition coefficient (Wildman–Crippen LogP) is 4.27. The number of rotatable bonds is 1. The van der Waals surface area contributed by atoms with E-state index in [9.17, 15) is 10.1 Å². The third-order valence-electron chi connectivity index (χ3n) is 3.67. The van der Waals surface area contributed by atoms with Gasteiger partial charge in [0, 0.05) is 33.3 Å². The molecule has 5 heteroatoms. The van der Waals surface area contributed by atoms with Gasteiger partial charge in [-0.3, -0.25) is 10.1 Å². The number of hydrogen-bond donors (Lipinski definition) is 2. The van der Waals surface area contributed by atoms with E-state index in [4.69, 9.17) is 5.73 Å². The normalized spacial score (nSPS) is 9.52. The van der Waals surface area contributed by atoms with Gasteiger partial charge in [0.1, 0.15) is 5.56 Å². The maximum atomic E-state index is 11.4. The van der Waals surface area contributed by atoms with E-state index in [2.05, 4.69) is 36.3 Å². The number of thiol groups is 1. The van der Waals surface area contributed by atoms with E-state index < -0.39 is 4.92 Å². The second-order valence-corrected chi connectivity index (χ2v) is 6.17. The van der Waals surface area contributed by atoms with Gasteiger partial charge in [0.25, 0.3) is 5.69 Å². The predicted molar refractivity (Wildman–Crippen MR) is 110 cm³/mol. The minimum absolute atomic E-state index is 0.0718. The van der Waals surface area contributed by atoms with Gasteiger partial charge in [-0.2, -0.15) is 0 Å². The van der Waals surface area contributed by atoms with Crippen LogP contribution in [0.1, 0.15) is 22.3 Å². The summed E-state index contributed by atoms with van der Waals surface area (Å²) in [5.74, 6) is 11.7. The van der Waals surface area contributed by atoms with E-state index in [1.165, 1.54) is 6.07 Å². The maximum Gasteiger partial charge on any atom is 0.286 e. The first kappa shape index (κ1) is 18.1. The molecule has 3 rings (SSSR count). The van der Waals surface area contributed by atoms with Crippen LogP contribution >= 0.6 is 12.6 Å². The molecule has 0 aliphatic rings. The summed E-state index contributed by atoms with van der Waals surface area (Å²) in [6, 6.07) is 19.1. The molecular weight excluding hydrogens is 356 g/mol. The lowest BCUT2D eigenvalue weighted by molar-refractivity contribution is -0.385. The summed E-state index contributed by atoms with van der Waals surface area (Å²) in [5.41, 5.74) is 8.65. The number of benzene rings is 3. The Balaban J connectivity index is 1.91. The Morgan fingerprint density at radius 3 is 1.93 bits per heavy atom. The highest BCUT2D eigenvalue weighted by atomic mass is 32.1. The lowest BCUT2D eigenvalue weighted by Gasteiger charge is -1.97. The SMILES string of the molecule is Nc1ccc(C#Cc2ccc(C#Cc3ccc(S)cc3)c([N+](=O)[O-])c2)cc1. The average molecular weight is 370 g/mol. The van der Waals surface area contributed by atoms with Crippen LogP contribution in [0.15, 0.2) is 71.6 Å². The Morgan fingerprint density at radius 2 is 1.30 bits per heavy atom. The molecule has 0 atom stereocenters. The van der Waals surface area contributed by atoms with Gasteiger partial charge in [-0.05, 0) is 60.7 Å². The van der Waals surface area contributed by atoms with E-state index >= 15 is 0 Å². The first-order valence-electron chi connectivity index (χ1n) is 7.98. The van der Waals surface area contributed by atoms with Gasteiger partial charge >= 0.3 is 0 Å². The van der Waals surface area contributed by atoms with Crippen molar-refractivity contribution in [1.82, 2.24) is 0 Å². The molecule has 0 amide bonds. The monoisotopic (exact) mass is 370 g/mol. The van der Waals surface area contributed by atoms with Crippen molar-refractivity contribution in [2.75, 3.05) is 5.73 Å². The standard InChI is InChI=1S/C22H14N2O2S/c23-20-11-5-16(6-12-20)1-2-18-4-10-19(22(15-18)24(25)26)9-3-17-7-13-21(27)14-8-17/h4-8,10-15,27H,23H2. The zero-order valence-electron chi connectivity index (χ0n) is 14.1. The largest absolute Gasteiger partial charge is 0.399 e. The number of nitrogens with zero attached hydrogens (tertiary/aromatic N) is 1. The summed E-state index contributed by atoms with van der Waals surface area (Å²) in [5, 5.41) is 11.4. The Labute approximate surface area is 162 Å². The van der Waals surface area contributed by atoms with Gasteiger partial charge in [-0.15, -0.1) is 12.6 Å². The molecular formula is C22H14N2O2S. The fourth-order valence-corrected chi connectivity index (χ4v) is 2.41. The van der Waals surface area contributed by atoms with Gasteiger partial charge in [0.15, 0.2) is 0 Å². The first-order chi connectivity index (χ1) is 13.0. The van der Waals surface area contributed by atoms with Crippen LogP contribution in [-0.2, 0) is 0 Å². The molecule has 2 N–H and O–H groups in total. The minimum Gasteiger partial charge on any atom is -0.399 e. The number of nitro groups is 1. The third-order valence-corrected chi connectivity index (χ3v) is 3.96. The van der Waals surface area contributed by atoms with Crippen LogP contribution in [0.5, 0.6) is 0 Å². The minimum atomic E-state index is -0.449. The zero-order valence-corrected chi connectivity index (χ0v) is 15.0. The van der Waals surface area contributed by atoms with E-state index in [0.29, 0.717) is 16.8 Å². The van der Waals surface area contributed by atoms with Crippen molar-refractivity contribution in [1.29, 1.82) is 0 Å². The highest BCUT2D eigenvalue weighted by molar-refractivity contribution is 7.80. The van der Waals surface area contributed by atoms with E-state index in [0.717, 1.165) is 16.0 Å². The molecule has 3 aromatic rings. The summed E-state index contributed by atoms with van der Waals surface area (Å²) in [7, 11) is 0. The van der Waals surface area contributed by atoms with Crippen molar-refractivity contribution in [3.8, 4) is 23.7 Å². The van der Waals surface area contributed by atoms with Gasteiger partial charge in [0.05, 0.1) is 4.92 Å². The lowest BCUT2D eigenvalue weighted by atomic mass is 10.1. The molecule has 0 bridgehead atoms. The maximum absolute atomic E-state index is 11.4. The number of hydrogen-bond acceptors (Lipinski definition) is 4. The topological polar surface area (TPSA) is 69.2 Å². The molecule has 27 heavy (non-hydrogen) atoms. The molecule has 0 aromatic heterocycles. The van der Waals surface area contributed by atoms with Crippen LogP contribution in [0.3, 0.4) is 0 Å². The third kappa shape index (κ3) is 4.92. The molecule has 0 aliphatic carbocycles. The van der Waals surface area contributed by atoms with Gasteiger partial charge < -0.3 is 5.73 Å². The number of anilines is 1. The van der Waals surface area contributed by atoms with Crippen molar-refractivity contribution in [3.05, 3.63) is 99.1 Å². The molecule has 3 aromatic carbocycles. The van der Waals surface area contributed by atoms with Crippen molar-refractivity contribution >= 4 is 24.0 Å². The highest BCUT2D eigenvalue weighted by Gasteiger charge is 2.12. The second kappa shape index (κ2) is 8.14. The molecule has 0 fully saturated rings. The molecule has 0 radical (unpaired) electrons. The van der Waals surface area contributed by atoms with Crippen LogP contribution in [0.2, 0.25) is 0 Å². The summed E-state index contributed by atoms with van der Waals surface area (Å²) in [4.78, 5) is 11.8. The molecule has 130 valence electrons. The van der Waals surface area contributed by atoms with Crippen LogP contribution in [-0.4, -0.2) is 4.92 Å². The Kier molecular flexibility index (Phi) is 5.47. The van der Waals surface area contributed by atoms with Crippen LogP contribution in [0.4, 0.5) is 11.4 Å². The number of nitrogen functional groups attached to an aromatic ring is 1. The summed E-state index contributed by atoms with van der Waals surface area (Å²) in [6.45, 7) is 0. The first-order valence-corrected chi connectivity index (χ1v) is 8.43. The fraction of sp³-hybridized carbons (Fsp3) is 0. The Bertz CT molecular complexity index is 1110. The van der Waals surface area contributed by atoms with Crippen molar-refractivity contribution < 1.29 is 4.92 Å². The van der Waals surface area contributed by atoms with E-state index in [1.54, 1.807) is 36.4 Å². The molecule has 0 saturated carbocycles. The van der Waals surface area contributed by atoms with Gasteiger partial charge in [-0.25, -0.2) is 0 Å². The molecule has 0 spiro atoms. The highest BCUT2D eigenvalue weighted by Crippen LogP contribution is 2.19. The summed E-state index contributed by atoms with van der Waals surface area (Å²) >= 11 is 4.22. The summed E-state index contributed by atoms with van der Waals surface area (Å²) < 4.78 is 0. The smallest absolute Gasteiger partial charge is 0.286 e. The number of nitro benzene ring substituents is 1. The van der Waals surface area contributed by atoms with E-state index in [-0.39, 0.29) is 5.69 Å². The quantitative estimate of drug-likeness (QED) is 0.221. The number of nitrogens with two attached hydrogens (primary N) is 1. The van der Waals surface area contributed by atoms with Gasteiger partial charge in [0.2, 0.25) is 0 Å². The van der Waals surface area contributed by atoms with Crippen molar-refractivity contribution in [3.63, 3.8) is 0 Å². The molecule has 0 aliphatic heterocycles. The molecule has 4 nitrogen and oxygen atoms in total. The fourth-order valence-electron chi connectivity index (χ4n) is 2.26. The molecule has 0 heterocycles. The van der Waals surface area contributed by atoms with Crippen molar-refractivity contribution in [2.24, 2.45) is 0 Å². The van der Waals surface area contributed by atoms with Crippen LogP contribution in [0.25, 0.3) is 0 Å². The average Bonchev–Trinajstić information content (AvgIpc) is 2.67. The second-order valence-electron chi connectivity index (χ2n) is 5.66. The molecule has 0 unspecified atom stereocenters. The van der Waals surface area contributed by atoms with Gasteiger partial charge in [-0.1, -0.05) is 23.7 Å². The van der Waals surface area contributed by atoms with Crippen LogP contribution < -0.4 is 5.73 Å². The van der Waals surface area contributed by atoms with Crippen molar-refractivity contribution in [2.45, 2.75) is 4.90 Å². The lowest BCUT2D eigenvalue weighted by Crippen LogP contribution is -1.93. The Hall–Kier alpha value is -3.67. The van der Waals surface area contributed by atoms with E-state index in [1.807, 2.05) is 24.3 Å². The Morgan fingerprint density at radius 1 is 0.778 bits per heavy atom. The molecule has 0 saturated heterocycles.